The third-order valence-corrected chi connectivity index (χ3v) is 4.04. The third kappa shape index (κ3) is 6.38. The van der Waals surface area contributed by atoms with Crippen molar-refractivity contribution in [3.05, 3.63) is 53.8 Å². The summed E-state index contributed by atoms with van der Waals surface area (Å²) in [6.45, 7) is 3.18. The molecule has 2 atom stereocenters. The van der Waals surface area contributed by atoms with Gasteiger partial charge in [-0.15, -0.1) is 0 Å². The van der Waals surface area contributed by atoms with Crippen molar-refractivity contribution in [1.82, 2.24) is 5.32 Å². The molecule has 7 nitrogen and oxygen atoms in total. The normalized spacial score (nSPS) is 12.4. The van der Waals surface area contributed by atoms with E-state index in [0.29, 0.717) is 17.2 Å². The molecular formula is C21H24FNO6. The van der Waals surface area contributed by atoms with E-state index in [0.717, 1.165) is 5.56 Å². The van der Waals surface area contributed by atoms with Crippen molar-refractivity contribution in [2.24, 2.45) is 0 Å². The van der Waals surface area contributed by atoms with Gasteiger partial charge in [0.05, 0.1) is 14.2 Å². The van der Waals surface area contributed by atoms with Crippen LogP contribution in [0.4, 0.5) is 4.39 Å². The van der Waals surface area contributed by atoms with Gasteiger partial charge in [-0.3, -0.25) is 4.79 Å². The van der Waals surface area contributed by atoms with Crippen LogP contribution in [-0.4, -0.2) is 38.3 Å². The topological polar surface area (TPSA) is 83.1 Å². The second-order valence-corrected chi connectivity index (χ2v) is 6.20. The third-order valence-electron chi connectivity index (χ3n) is 4.04. The Morgan fingerprint density at radius 1 is 0.966 bits per heavy atom. The standard InChI is InChI=1S/C21H24FNO6/c1-13(29-21(25)14(2)28-17-8-6-16(22)7-9-17)20(24)23-12-15-5-10-18(26-3)19(11-15)27-4/h5-11,13-14H,12H2,1-4H3,(H,23,24)/t13-,14-/m1/s1. The molecule has 2 aromatic carbocycles. The smallest absolute Gasteiger partial charge is 0.347 e. The summed E-state index contributed by atoms with van der Waals surface area (Å²) in [4.78, 5) is 24.3. The van der Waals surface area contributed by atoms with E-state index in [9.17, 15) is 14.0 Å². The quantitative estimate of drug-likeness (QED) is 0.646. The van der Waals surface area contributed by atoms with Gasteiger partial charge < -0.3 is 24.3 Å². The molecule has 0 radical (unpaired) electrons. The highest BCUT2D eigenvalue weighted by molar-refractivity contribution is 5.84. The van der Waals surface area contributed by atoms with Crippen molar-refractivity contribution in [2.45, 2.75) is 32.6 Å². The number of esters is 1. The molecule has 2 rings (SSSR count). The minimum atomic E-state index is -1.01. The van der Waals surface area contributed by atoms with Crippen LogP contribution < -0.4 is 19.5 Å². The van der Waals surface area contributed by atoms with Gasteiger partial charge in [-0.1, -0.05) is 6.07 Å². The lowest BCUT2D eigenvalue weighted by atomic mass is 10.2. The second kappa shape index (κ2) is 10.3. The average molecular weight is 405 g/mol. The van der Waals surface area contributed by atoms with E-state index >= 15 is 0 Å². The zero-order valence-corrected chi connectivity index (χ0v) is 16.7. The van der Waals surface area contributed by atoms with E-state index in [1.807, 2.05) is 0 Å². The van der Waals surface area contributed by atoms with Crippen LogP contribution in [0.1, 0.15) is 19.4 Å². The highest BCUT2D eigenvalue weighted by atomic mass is 19.1. The zero-order chi connectivity index (χ0) is 21.4. The molecule has 0 bridgehead atoms. The molecule has 0 unspecified atom stereocenters. The number of carbonyl (C=O) groups is 2. The van der Waals surface area contributed by atoms with Gasteiger partial charge in [-0.25, -0.2) is 9.18 Å². The highest BCUT2D eigenvalue weighted by Gasteiger charge is 2.23. The van der Waals surface area contributed by atoms with Crippen LogP contribution >= 0.6 is 0 Å². The maximum atomic E-state index is 12.9. The maximum absolute atomic E-state index is 12.9. The van der Waals surface area contributed by atoms with E-state index in [1.165, 1.54) is 52.3 Å². The van der Waals surface area contributed by atoms with E-state index in [1.54, 1.807) is 18.2 Å². The van der Waals surface area contributed by atoms with Crippen LogP contribution in [0, 0.1) is 5.82 Å². The van der Waals surface area contributed by atoms with E-state index in [2.05, 4.69) is 5.32 Å². The molecule has 8 heteroatoms. The van der Waals surface area contributed by atoms with Crippen molar-refractivity contribution in [1.29, 1.82) is 0 Å². The molecule has 0 fully saturated rings. The molecular weight excluding hydrogens is 381 g/mol. The molecule has 0 spiro atoms. The molecule has 0 aliphatic rings. The molecule has 0 aromatic heterocycles. The van der Waals surface area contributed by atoms with Gasteiger partial charge in [-0.2, -0.15) is 0 Å². The monoisotopic (exact) mass is 405 g/mol. The molecule has 2 aromatic rings. The first-order chi connectivity index (χ1) is 13.8. The Hall–Kier alpha value is -3.29. The fourth-order valence-corrected chi connectivity index (χ4v) is 2.41. The first-order valence-electron chi connectivity index (χ1n) is 8.95. The number of benzene rings is 2. The molecule has 1 N–H and O–H groups in total. The van der Waals surface area contributed by atoms with Gasteiger partial charge in [0, 0.05) is 6.54 Å². The minimum absolute atomic E-state index is 0.225. The summed E-state index contributed by atoms with van der Waals surface area (Å²) in [6.07, 6.45) is -1.97. The van der Waals surface area contributed by atoms with Gasteiger partial charge in [0.25, 0.3) is 5.91 Å². The number of nitrogens with one attached hydrogen (secondary N) is 1. The predicted molar refractivity (Wildman–Crippen MR) is 103 cm³/mol. The minimum Gasteiger partial charge on any atom is -0.493 e. The number of halogens is 1. The molecule has 0 aliphatic heterocycles. The van der Waals surface area contributed by atoms with Crippen LogP contribution in [0.5, 0.6) is 17.2 Å². The van der Waals surface area contributed by atoms with Gasteiger partial charge in [0.15, 0.2) is 23.7 Å². The van der Waals surface area contributed by atoms with Crippen LogP contribution in [-0.2, 0) is 20.9 Å². The van der Waals surface area contributed by atoms with E-state index in [-0.39, 0.29) is 6.54 Å². The molecule has 0 aliphatic carbocycles. The second-order valence-electron chi connectivity index (χ2n) is 6.20. The molecule has 156 valence electrons. The summed E-state index contributed by atoms with van der Waals surface area (Å²) in [7, 11) is 3.06. The first-order valence-corrected chi connectivity index (χ1v) is 8.95. The van der Waals surface area contributed by atoms with Crippen LogP contribution in [0.2, 0.25) is 0 Å². The Morgan fingerprint density at radius 2 is 1.62 bits per heavy atom. The summed E-state index contributed by atoms with van der Waals surface area (Å²) in [5.41, 5.74) is 0.794. The van der Waals surface area contributed by atoms with Crippen molar-refractivity contribution >= 4 is 11.9 Å². The predicted octanol–water partition coefficient (Wildman–Crippen LogP) is 2.86. The summed E-state index contributed by atoms with van der Waals surface area (Å²) < 4.78 is 33.8. The molecule has 0 saturated heterocycles. The number of amides is 1. The fourth-order valence-electron chi connectivity index (χ4n) is 2.41. The number of hydrogen-bond donors (Lipinski definition) is 1. The van der Waals surface area contributed by atoms with Crippen molar-refractivity contribution in [2.75, 3.05) is 14.2 Å². The lowest BCUT2D eigenvalue weighted by molar-refractivity contribution is -0.160. The summed E-state index contributed by atoms with van der Waals surface area (Å²) in [5, 5.41) is 2.69. The lowest BCUT2D eigenvalue weighted by Gasteiger charge is -2.18. The van der Waals surface area contributed by atoms with Gasteiger partial charge in [0.2, 0.25) is 0 Å². The number of ether oxygens (including phenoxy) is 4. The lowest BCUT2D eigenvalue weighted by Crippen LogP contribution is -2.38. The summed E-state index contributed by atoms with van der Waals surface area (Å²) in [6, 6.07) is 10.5. The number of methoxy groups -OCH3 is 2. The molecule has 29 heavy (non-hydrogen) atoms. The Kier molecular flexibility index (Phi) is 7.82. The Balaban J connectivity index is 1.84. The van der Waals surface area contributed by atoms with Gasteiger partial charge >= 0.3 is 5.97 Å². The molecule has 0 heterocycles. The summed E-state index contributed by atoms with van der Waals surface area (Å²) in [5.74, 6) is -0.121. The van der Waals surface area contributed by atoms with Crippen LogP contribution in [0.3, 0.4) is 0 Å². The number of carbonyl (C=O) groups excluding carboxylic acids is 2. The average Bonchev–Trinajstić information content (AvgIpc) is 2.73. The number of hydrogen-bond acceptors (Lipinski definition) is 6. The van der Waals surface area contributed by atoms with Gasteiger partial charge in [0.1, 0.15) is 11.6 Å². The SMILES string of the molecule is COc1ccc(CNC(=O)[C@@H](C)OC(=O)[C@@H](C)Oc2ccc(F)cc2)cc1OC. The maximum Gasteiger partial charge on any atom is 0.347 e. The molecule has 0 saturated carbocycles. The van der Waals surface area contributed by atoms with Crippen LogP contribution in [0.15, 0.2) is 42.5 Å². The van der Waals surface area contributed by atoms with Crippen molar-refractivity contribution in [3.8, 4) is 17.2 Å². The van der Waals surface area contributed by atoms with Crippen molar-refractivity contribution in [3.63, 3.8) is 0 Å². The van der Waals surface area contributed by atoms with Gasteiger partial charge in [-0.05, 0) is 55.8 Å². The summed E-state index contributed by atoms with van der Waals surface area (Å²) >= 11 is 0. The highest BCUT2D eigenvalue weighted by Crippen LogP contribution is 2.27. The largest absolute Gasteiger partial charge is 0.493 e. The Bertz CT molecular complexity index is 840. The number of rotatable bonds is 9. The Labute approximate surface area is 168 Å². The van der Waals surface area contributed by atoms with E-state index in [4.69, 9.17) is 18.9 Å². The van der Waals surface area contributed by atoms with E-state index < -0.39 is 29.9 Å². The zero-order valence-electron chi connectivity index (χ0n) is 16.7. The van der Waals surface area contributed by atoms with Crippen LogP contribution in [0.25, 0.3) is 0 Å². The Morgan fingerprint density at radius 3 is 2.24 bits per heavy atom. The van der Waals surface area contributed by atoms with Crippen molar-refractivity contribution < 1.29 is 32.9 Å². The first kappa shape index (κ1) is 22.0. The fraction of sp³-hybridized carbons (Fsp3) is 0.333. The molecule has 1 amide bonds.